The molecule has 3 rings (SSSR count). The lowest BCUT2D eigenvalue weighted by Gasteiger charge is -2.12. The molecular formula is C22H20ClNO. The third-order valence-corrected chi connectivity index (χ3v) is 4.80. The van der Waals surface area contributed by atoms with Gasteiger partial charge in [0, 0.05) is 22.7 Å². The number of carbonyl (C=O) groups excluding carboxylic acids is 1. The summed E-state index contributed by atoms with van der Waals surface area (Å²) in [5, 5.41) is 3.65. The molecule has 3 heteroatoms. The van der Waals surface area contributed by atoms with E-state index >= 15 is 0 Å². The third kappa shape index (κ3) is 3.95. The zero-order valence-corrected chi connectivity index (χ0v) is 15.0. The van der Waals surface area contributed by atoms with Gasteiger partial charge in [0.15, 0.2) is 0 Å². The summed E-state index contributed by atoms with van der Waals surface area (Å²) in [7, 11) is 0. The molecule has 0 bridgehead atoms. The van der Waals surface area contributed by atoms with Gasteiger partial charge >= 0.3 is 0 Å². The summed E-state index contributed by atoms with van der Waals surface area (Å²) in [5.41, 5.74) is 5.84. The Morgan fingerprint density at radius 3 is 2.68 bits per heavy atom. The Bertz CT molecular complexity index is 872. The number of terminal acetylenes is 1. The van der Waals surface area contributed by atoms with E-state index in [1.54, 1.807) is 0 Å². The minimum absolute atomic E-state index is 0.0241. The Hall–Kier alpha value is -2.50. The third-order valence-electron chi connectivity index (χ3n) is 4.55. The highest BCUT2D eigenvalue weighted by atomic mass is 35.5. The van der Waals surface area contributed by atoms with Crippen molar-refractivity contribution in [1.29, 1.82) is 0 Å². The minimum atomic E-state index is 0.0241. The Balaban J connectivity index is 2.11. The largest absolute Gasteiger partial charge is 0.352 e. The van der Waals surface area contributed by atoms with Crippen LogP contribution in [0.1, 0.15) is 36.0 Å². The zero-order valence-electron chi connectivity index (χ0n) is 14.2. The molecule has 0 unspecified atom stereocenters. The van der Waals surface area contributed by atoms with Crippen molar-refractivity contribution < 1.29 is 4.79 Å². The summed E-state index contributed by atoms with van der Waals surface area (Å²) in [6.45, 7) is 2.81. The molecule has 1 saturated heterocycles. The number of hydrogen-bond acceptors (Lipinski definition) is 1. The molecule has 0 spiro atoms. The standard InChI is InChI=1S/C22H20ClNO/c1-3-16-12-19(14-18-6-4-5-11-24-22(18)25)15(2)21(13-16)17-7-9-20(23)10-8-17/h1,7-10,12-14H,4-6,11H2,2H3,(H,24,25)/b18-14+. The first-order valence-electron chi connectivity index (χ1n) is 8.44. The number of rotatable bonds is 2. The Kier molecular flexibility index (Phi) is 5.26. The van der Waals surface area contributed by atoms with E-state index in [0.29, 0.717) is 5.02 Å². The van der Waals surface area contributed by atoms with Crippen molar-refractivity contribution in [2.75, 3.05) is 6.54 Å². The average Bonchev–Trinajstić information content (AvgIpc) is 2.82. The van der Waals surface area contributed by atoms with Crippen LogP contribution in [0.3, 0.4) is 0 Å². The SMILES string of the molecule is C#Cc1cc(/C=C2\CCCCNC2=O)c(C)c(-c2ccc(Cl)cc2)c1. The van der Waals surface area contributed by atoms with Crippen molar-refractivity contribution in [2.45, 2.75) is 26.2 Å². The molecule has 0 atom stereocenters. The summed E-state index contributed by atoms with van der Waals surface area (Å²) in [4.78, 5) is 12.2. The molecule has 1 aliphatic heterocycles. The van der Waals surface area contributed by atoms with Crippen LogP contribution in [-0.2, 0) is 4.79 Å². The van der Waals surface area contributed by atoms with Crippen LogP contribution < -0.4 is 5.32 Å². The van der Waals surface area contributed by atoms with Crippen molar-refractivity contribution in [1.82, 2.24) is 5.32 Å². The van der Waals surface area contributed by atoms with Crippen molar-refractivity contribution >= 4 is 23.6 Å². The van der Waals surface area contributed by atoms with Gasteiger partial charge in [-0.1, -0.05) is 29.7 Å². The maximum absolute atomic E-state index is 12.2. The maximum Gasteiger partial charge on any atom is 0.247 e. The fourth-order valence-electron chi connectivity index (χ4n) is 3.09. The number of amides is 1. The van der Waals surface area contributed by atoms with Crippen LogP contribution in [0.15, 0.2) is 42.0 Å². The molecular weight excluding hydrogens is 330 g/mol. The Morgan fingerprint density at radius 2 is 1.96 bits per heavy atom. The average molecular weight is 350 g/mol. The topological polar surface area (TPSA) is 29.1 Å². The lowest BCUT2D eigenvalue weighted by molar-refractivity contribution is -0.117. The van der Waals surface area contributed by atoms with Crippen molar-refractivity contribution in [3.8, 4) is 23.5 Å². The van der Waals surface area contributed by atoms with E-state index in [0.717, 1.165) is 59.2 Å². The fraction of sp³-hybridized carbons (Fsp3) is 0.227. The lowest BCUT2D eigenvalue weighted by atomic mass is 9.92. The van der Waals surface area contributed by atoms with Gasteiger partial charge in [-0.25, -0.2) is 0 Å². The van der Waals surface area contributed by atoms with Gasteiger partial charge in [-0.15, -0.1) is 6.42 Å². The summed E-state index contributed by atoms with van der Waals surface area (Å²) in [5.74, 6) is 2.75. The molecule has 0 aliphatic carbocycles. The number of hydrogen-bond donors (Lipinski definition) is 1. The molecule has 25 heavy (non-hydrogen) atoms. The van der Waals surface area contributed by atoms with E-state index in [1.165, 1.54) is 0 Å². The second kappa shape index (κ2) is 7.59. The first-order chi connectivity index (χ1) is 12.1. The molecule has 0 aromatic heterocycles. The van der Waals surface area contributed by atoms with Gasteiger partial charge in [0.25, 0.3) is 0 Å². The van der Waals surface area contributed by atoms with Crippen LogP contribution in [0, 0.1) is 19.3 Å². The molecule has 1 N–H and O–H groups in total. The molecule has 2 aromatic rings. The molecule has 1 heterocycles. The molecule has 0 radical (unpaired) electrons. The highest BCUT2D eigenvalue weighted by Crippen LogP contribution is 2.30. The van der Waals surface area contributed by atoms with Crippen LogP contribution in [-0.4, -0.2) is 12.5 Å². The first-order valence-corrected chi connectivity index (χ1v) is 8.82. The second-order valence-corrected chi connectivity index (χ2v) is 6.71. The summed E-state index contributed by atoms with van der Waals surface area (Å²) in [6, 6.07) is 11.7. The summed E-state index contributed by atoms with van der Waals surface area (Å²) in [6.07, 6.45) is 10.5. The predicted molar refractivity (Wildman–Crippen MR) is 104 cm³/mol. The number of halogens is 1. The van der Waals surface area contributed by atoms with Gasteiger partial charge in [-0.2, -0.15) is 0 Å². The van der Waals surface area contributed by atoms with Crippen molar-refractivity contribution in [2.24, 2.45) is 0 Å². The minimum Gasteiger partial charge on any atom is -0.352 e. The molecule has 2 aromatic carbocycles. The fourth-order valence-corrected chi connectivity index (χ4v) is 3.22. The highest BCUT2D eigenvalue weighted by molar-refractivity contribution is 6.30. The van der Waals surface area contributed by atoms with Gasteiger partial charge in [-0.05, 0) is 78.8 Å². The second-order valence-electron chi connectivity index (χ2n) is 6.27. The summed E-state index contributed by atoms with van der Waals surface area (Å²) < 4.78 is 0. The lowest BCUT2D eigenvalue weighted by Crippen LogP contribution is -2.23. The first kappa shape index (κ1) is 17.3. The molecule has 1 aliphatic rings. The van der Waals surface area contributed by atoms with E-state index in [9.17, 15) is 4.79 Å². The van der Waals surface area contributed by atoms with E-state index in [2.05, 4.69) is 18.2 Å². The van der Waals surface area contributed by atoms with Crippen molar-refractivity contribution in [3.05, 3.63) is 63.7 Å². The van der Waals surface area contributed by atoms with Crippen LogP contribution in [0.5, 0.6) is 0 Å². The maximum atomic E-state index is 12.2. The quantitative estimate of drug-likeness (QED) is 0.601. The molecule has 0 saturated carbocycles. The Morgan fingerprint density at radius 1 is 1.20 bits per heavy atom. The molecule has 2 nitrogen and oxygen atoms in total. The highest BCUT2D eigenvalue weighted by Gasteiger charge is 2.14. The van der Waals surface area contributed by atoms with Gasteiger partial charge in [0.1, 0.15) is 0 Å². The van der Waals surface area contributed by atoms with Crippen LogP contribution in [0.4, 0.5) is 0 Å². The smallest absolute Gasteiger partial charge is 0.247 e. The number of carbonyl (C=O) groups is 1. The zero-order chi connectivity index (χ0) is 17.8. The van der Waals surface area contributed by atoms with Gasteiger partial charge in [-0.3, -0.25) is 4.79 Å². The molecule has 126 valence electrons. The number of benzene rings is 2. The van der Waals surface area contributed by atoms with E-state index in [-0.39, 0.29) is 5.91 Å². The van der Waals surface area contributed by atoms with Crippen LogP contribution in [0.25, 0.3) is 17.2 Å². The van der Waals surface area contributed by atoms with Gasteiger partial charge in [0.05, 0.1) is 0 Å². The monoisotopic (exact) mass is 349 g/mol. The van der Waals surface area contributed by atoms with Gasteiger partial charge < -0.3 is 5.32 Å². The van der Waals surface area contributed by atoms with E-state index in [1.807, 2.05) is 42.5 Å². The van der Waals surface area contributed by atoms with Crippen LogP contribution >= 0.6 is 11.6 Å². The Labute approximate surface area is 153 Å². The van der Waals surface area contributed by atoms with Gasteiger partial charge in [0.2, 0.25) is 5.91 Å². The molecule has 1 fully saturated rings. The predicted octanol–water partition coefficient (Wildman–Crippen LogP) is 4.98. The number of nitrogens with one attached hydrogen (secondary N) is 1. The van der Waals surface area contributed by atoms with Crippen molar-refractivity contribution in [3.63, 3.8) is 0 Å². The van der Waals surface area contributed by atoms with E-state index in [4.69, 9.17) is 18.0 Å². The normalized spacial score (nSPS) is 16.2. The van der Waals surface area contributed by atoms with E-state index < -0.39 is 0 Å². The van der Waals surface area contributed by atoms with Crippen LogP contribution in [0.2, 0.25) is 5.02 Å². The molecule has 1 amide bonds. The summed E-state index contributed by atoms with van der Waals surface area (Å²) >= 11 is 6.00.